The Hall–Kier alpha value is -1.22. The molecule has 1 aromatic carbocycles. The van der Waals surface area contributed by atoms with Gasteiger partial charge in [0.05, 0.1) is 6.54 Å². The molecular formula is C15H24ClN3. The van der Waals surface area contributed by atoms with E-state index in [0.717, 1.165) is 17.1 Å². The van der Waals surface area contributed by atoms with E-state index in [1.165, 1.54) is 0 Å². The normalized spacial score (nSPS) is 12.8. The molecule has 0 saturated carbocycles. The van der Waals surface area contributed by atoms with Crippen LogP contribution in [0.4, 0.5) is 0 Å². The summed E-state index contributed by atoms with van der Waals surface area (Å²) in [6.07, 6.45) is 0. The van der Waals surface area contributed by atoms with E-state index >= 15 is 0 Å². The minimum Gasteiger partial charge on any atom is -0.370 e. The maximum Gasteiger partial charge on any atom is 0.188 e. The molecule has 0 heterocycles. The number of rotatable bonds is 5. The number of nitrogens with zero attached hydrogens (tertiary/aromatic N) is 1. The van der Waals surface area contributed by atoms with Crippen LogP contribution in [0.3, 0.4) is 0 Å². The summed E-state index contributed by atoms with van der Waals surface area (Å²) in [4.78, 5) is 4.41. The van der Waals surface area contributed by atoms with Gasteiger partial charge >= 0.3 is 0 Å². The van der Waals surface area contributed by atoms with E-state index in [0.29, 0.717) is 18.4 Å². The predicted molar refractivity (Wildman–Crippen MR) is 83.8 cm³/mol. The second kappa shape index (κ2) is 6.80. The van der Waals surface area contributed by atoms with Crippen molar-refractivity contribution in [1.82, 2.24) is 5.32 Å². The summed E-state index contributed by atoms with van der Waals surface area (Å²) >= 11 is 6.23. The molecule has 0 aliphatic rings. The number of halogens is 1. The Morgan fingerprint density at radius 3 is 2.58 bits per heavy atom. The van der Waals surface area contributed by atoms with Crippen LogP contribution in [0.5, 0.6) is 0 Å². The third-order valence-corrected chi connectivity index (χ3v) is 3.27. The van der Waals surface area contributed by atoms with Gasteiger partial charge in [-0.15, -0.1) is 0 Å². The molecule has 0 amide bonds. The van der Waals surface area contributed by atoms with Crippen molar-refractivity contribution in [3.63, 3.8) is 0 Å². The van der Waals surface area contributed by atoms with Gasteiger partial charge in [-0.1, -0.05) is 57.5 Å². The molecule has 0 unspecified atom stereocenters. The van der Waals surface area contributed by atoms with E-state index < -0.39 is 0 Å². The minimum atomic E-state index is -0.136. The fraction of sp³-hybridized carbons (Fsp3) is 0.533. The summed E-state index contributed by atoms with van der Waals surface area (Å²) in [5, 5.41) is 3.89. The van der Waals surface area contributed by atoms with E-state index in [1.54, 1.807) is 0 Å². The topological polar surface area (TPSA) is 50.4 Å². The highest BCUT2D eigenvalue weighted by molar-refractivity contribution is 6.31. The number of nitrogens with one attached hydrogen (secondary N) is 1. The zero-order chi connectivity index (χ0) is 14.5. The predicted octanol–water partition coefficient (Wildman–Crippen LogP) is 3.18. The van der Waals surface area contributed by atoms with Gasteiger partial charge in [0.15, 0.2) is 5.96 Å². The van der Waals surface area contributed by atoms with Crippen molar-refractivity contribution in [2.75, 3.05) is 13.1 Å². The SMILES string of the molecule is CC(C)CNC(N)=NCC(C)(C)c1ccccc1Cl. The van der Waals surface area contributed by atoms with Crippen molar-refractivity contribution < 1.29 is 0 Å². The van der Waals surface area contributed by atoms with Crippen LogP contribution < -0.4 is 11.1 Å². The first-order chi connectivity index (χ1) is 8.83. The first kappa shape index (κ1) is 15.8. The maximum absolute atomic E-state index is 6.23. The number of aliphatic imine (C=N–C) groups is 1. The highest BCUT2D eigenvalue weighted by atomic mass is 35.5. The van der Waals surface area contributed by atoms with Crippen molar-refractivity contribution in [3.8, 4) is 0 Å². The Labute approximate surface area is 121 Å². The lowest BCUT2D eigenvalue weighted by Crippen LogP contribution is -2.35. The third-order valence-electron chi connectivity index (χ3n) is 2.94. The molecule has 1 aromatic rings. The molecule has 3 nitrogen and oxygen atoms in total. The highest BCUT2D eigenvalue weighted by Crippen LogP contribution is 2.29. The number of benzene rings is 1. The second-order valence-electron chi connectivity index (χ2n) is 5.84. The molecule has 0 saturated heterocycles. The fourth-order valence-corrected chi connectivity index (χ4v) is 2.13. The molecule has 0 atom stereocenters. The van der Waals surface area contributed by atoms with E-state index in [-0.39, 0.29) is 5.41 Å². The van der Waals surface area contributed by atoms with Gasteiger partial charge in [0.2, 0.25) is 0 Å². The Bertz CT molecular complexity index is 439. The van der Waals surface area contributed by atoms with Crippen molar-refractivity contribution in [1.29, 1.82) is 0 Å². The van der Waals surface area contributed by atoms with Gasteiger partial charge in [-0.3, -0.25) is 4.99 Å². The van der Waals surface area contributed by atoms with E-state index in [1.807, 2.05) is 24.3 Å². The Morgan fingerprint density at radius 1 is 1.37 bits per heavy atom. The zero-order valence-corrected chi connectivity index (χ0v) is 13.0. The summed E-state index contributed by atoms with van der Waals surface area (Å²) in [6.45, 7) is 9.94. The van der Waals surface area contributed by atoms with E-state index in [9.17, 15) is 0 Å². The summed E-state index contributed by atoms with van der Waals surface area (Å²) in [6, 6.07) is 7.87. The first-order valence-electron chi connectivity index (χ1n) is 6.61. The van der Waals surface area contributed by atoms with Crippen molar-refractivity contribution >= 4 is 17.6 Å². The van der Waals surface area contributed by atoms with Crippen molar-refractivity contribution in [3.05, 3.63) is 34.9 Å². The van der Waals surface area contributed by atoms with Crippen molar-refractivity contribution in [2.24, 2.45) is 16.6 Å². The average molecular weight is 282 g/mol. The lowest BCUT2D eigenvalue weighted by molar-refractivity contribution is 0.537. The van der Waals surface area contributed by atoms with Crippen LogP contribution in [0.1, 0.15) is 33.3 Å². The molecular weight excluding hydrogens is 258 g/mol. The Morgan fingerprint density at radius 2 is 2.00 bits per heavy atom. The van der Waals surface area contributed by atoms with E-state index in [4.69, 9.17) is 17.3 Å². The van der Waals surface area contributed by atoms with Crippen LogP contribution in [0, 0.1) is 5.92 Å². The largest absolute Gasteiger partial charge is 0.370 e. The molecule has 0 bridgehead atoms. The molecule has 0 aromatic heterocycles. The summed E-state index contributed by atoms with van der Waals surface area (Å²) < 4.78 is 0. The molecule has 0 aliphatic carbocycles. The van der Waals surface area contributed by atoms with Crippen molar-refractivity contribution in [2.45, 2.75) is 33.1 Å². The second-order valence-corrected chi connectivity index (χ2v) is 6.25. The van der Waals surface area contributed by atoms with Gasteiger partial charge in [0.25, 0.3) is 0 Å². The molecule has 0 radical (unpaired) electrons. The quantitative estimate of drug-likeness (QED) is 0.643. The van der Waals surface area contributed by atoms with Gasteiger partial charge in [0, 0.05) is 17.0 Å². The van der Waals surface area contributed by atoms with E-state index in [2.05, 4.69) is 38.0 Å². The first-order valence-corrected chi connectivity index (χ1v) is 6.99. The molecule has 1 rings (SSSR count). The number of guanidine groups is 1. The van der Waals surface area contributed by atoms with Crippen LogP contribution in [0.25, 0.3) is 0 Å². The molecule has 4 heteroatoms. The fourth-order valence-electron chi connectivity index (χ4n) is 1.74. The number of hydrogen-bond acceptors (Lipinski definition) is 1. The summed E-state index contributed by atoms with van der Waals surface area (Å²) in [5.41, 5.74) is 6.81. The number of nitrogens with two attached hydrogens (primary N) is 1. The third kappa shape index (κ3) is 5.11. The Balaban J connectivity index is 2.70. The molecule has 19 heavy (non-hydrogen) atoms. The van der Waals surface area contributed by atoms with Gasteiger partial charge in [0.1, 0.15) is 0 Å². The highest BCUT2D eigenvalue weighted by Gasteiger charge is 2.22. The molecule has 3 N–H and O–H groups in total. The Kier molecular flexibility index (Phi) is 5.67. The lowest BCUT2D eigenvalue weighted by atomic mass is 9.85. The van der Waals surface area contributed by atoms with Crippen LogP contribution in [-0.2, 0) is 5.41 Å². The standard InChI is InChI=1S/C15H24ClN3/c1-11(2)9-18-14(17)19-10-15(3,4)12-7-5-6-8-13(12)16/h5-8,11H,9-10H2,1-4H3,(H3,17,18,19). The van der Waals surface area contributed by atoms with Crippen LogP contribution in [-0.4, -0.2) is 19.0 Å². The maximum atomic E-state index is 6.23. The monoisotopic (exact) mass is 281 g/mol. The molecule has 106 valence electrons. The van der Waals surface area contributed by atoms with Gasteiger partial charge < -0.3 is 11.1 Å². The van der Waals surface area contributed by atoms with Gasteiger partial charge in [-0.25, -0.2) is 0 Å². The molecule has 0 aliphatic heterocycles. The lowest BCUT2D eigenvalue weighted by Gasteiger charge is -2.24. The number of hydrogen-bond donors (Lipinski definition) is 2. The average Bonchev–Trinajstić information content (AvgIpc) is 2.34. The molecule has 0 spiro atoms. The van der Waals surface area contributed by atoms with Gasteiger partial charge in [-0.2, -0.15) is 0 Å². The molecule has 0 fully saturated rings. The summed E-state index contributed by atoms with van der Waals surface area (Å²) in [7, 11) is 0. The zero-order valence-electron chi connectivity index (χ0n) is 12.2. The smallest absolute Gasteiger partial charge is 0.188 e. The van der Waals surface area contributed by atoms with Crippen LogP contribution in [0.2, 0.25) is 5.02 Å². The van der Waals surface area contributed by atoms with Crippen LogP contribution >= 0.6 is 11.6 Å². The van der Waals surface area contributed by atoms with Gasteiger partial charge in [-0.05, 0) is 17.5 Å². The van der Waals surface area contributed by atoms with Crippen LogP contribution in [0.15, 0.2) is 29.3 Å². The minimum absolute atomic E-state index is 0.136. The summed E-state index contributed by atoms with van der Waals surface area (Å²) in [5.74, 6) is 1.04.